The van der Waals surface area contributed by atoms with Crippen LogP contribution in [0, 0.1) is 0 Å². The molecule has 4 nitrogen and oxygen atoms in total. The van der Waals surface area contributed by atoms with Gasteiger partial charge in [-0.1, -0.05) is 25.5 Å². The lowest BCUT2D eigenvalue weighted by molar-refractivity contribution is -0.126. The summed E-state index contributed by atoms with van der Waals surface area (Å²) in [7, 11) is 1.66. The number of ether oxygens (including phenoxy) is 1. The van der Waals surface area contributed by atoms with Gasteiger partial charge in [0.2, 0.25) is 5.91 Å². The van der Waals surface area contributed by atoms with Crippen LogP contribution in [0.15, 0.2) is 24.3 Å². The zero-order valence-corrected chi connectivity index (χ0v) is 14.8. The molecule has 126 valence electrons. The maximum atomic E-state index is 12.1. The number of amides is 1. The van der Waals surface area contributed by atoms with Crippen molar-refractivity contribution in [1.82, 2.24) is 5.32 Å². The molecule has 0 aromatic heterocycles. The Balaban J connectivity index is 0.00000441. The highest BCUT2D eigenvalue weighted by Gasteiger charge is 2.27. The van der Waals surface area contributed by atoms with Crippen LogP contribution in [0.3, 0.4) is 0 Å². The summed E-state index contributed by atoms with van der Waals surface area (Å²) in [6.07, 6.45) is 3.41. The minimum absolute atomic E-state index is 0. The van der Waals surface area contributed by atoms with Gasteiger partial charge in [-0.2, -0.15) is 0 Å². The zero-order chi connectivity index (χ0) is 15.9. The third kappa shape index (κ3) is 6.67. The predicted octanol–water partition coefficient (Wildman–Crippen LogP) is 3.07. The smallest absolute Gasteiger partial charge is 0.240 e. The fraction of sp³-hybridized carbons (Fsp3) is 0.588. The highest BCUT2D eigenvalue weighted by molar-refractivity contribution is 5.86. The molecule has 0 radical (unpaired) electrons. The maximum Gasteiger partial charge on any atom is 0.240 e. The number of methoxy groups -OCH3 is 1. The second kappa shape index (κ2) is 9.70. The van der Waals surface area contributed by atoms with Crippen LogP contribution in [0.2, 0.25) is 0 Å². The quantitative estimate of drug-likeness (QED) is 0.770. The largest absolute Gasteiger partial charge is 0.497 e. The summed E-state index contributed by atoms with van der Waals surface area (Å²) in [5, 5.41) is 3.01. The molecular formula is C17H29ClN2O2. The molecule has 0 aliphatic rings. The Morgan fingerprint density at radius 1 is 1.36 bits per heavy atom. The van der Waals surface area contributed by atoms with E-state index < -0.39 is 5.54 Å². The SMILES string of the molecule is CCCC(C)(N)C(=O)NC(C)CCc1ccc(OC)cc1.Cl. The number of halogens is 1. The Morgan fingerprint density at radius 3 is 2.45 bits per heavy atom. The molecule has 0 saturated heterocycles. The molecule has 0 fully saturated rings. The van der Waals surface area contributed by atoms with Crippen molar-refractivity contribution in [3.8, 4) is 5.75 Å². The summed E-state index contributed by atoms with van der Waals surface area (Å²) >= 11 is 0. The van der Waals surface area contributed by atoms with Gasteiger partial charge >= 0.3 is 0 Å². The van der Waals surface area contributed by atoms with Crippen molar-refractivity contribution in [2.45, 2.75) is 58.0 Å². The summed E-state index contributed by atoms with van der Waals surface area (Å²) in [6.45, 7) is 5.84. The van der Waals surface area contributed by atoms with E-state index in [1.165, 1.54) is 5.56 Å². The average molecular weight is 329 g/mol. The van der Waals surface area contributed by atoms with Crippen LogP contribution in [0.5, 0.6) is 5.75 Å². The predicted molar refractivity (Wildman–Crippen MR) is 93.7 cm³/mol. The molecule has 0 heterocycles. The lowest BCUT2D eigenvalue weighted by Gasteiger charge is -2.25. The summed E-state index contributed by atoms with van der Waals surface area (Å²) in [6, 6.07) is 8.13. The van der Waals surface area contributed by atoms with Crippen molar-refractivity contribution in [3.63, 3.8) is 0 Å². The van der Waals surface area contributed by atoms with Gasteiger partial charge in [0.1, 0.15) is 5.75 Å². The van der Waals surface area contributed by atoms with Gasteiger partial charge in [0.25, 0.3) is 0 Å². The second-order valence-corrected chi connectivity index (χ2v) is 5.93. The van der Waals surface area contributed by atoms with E-state index >= 15 is 0 Å². The Labute approximate surface area is 140 Å². The monoisotopic (exact) mass is 328 g/mol. The molecular weight excluding hydrogens is 300 g/mol. The van der Waals surface area contributed by atoms with Crippen molar-refractivity contribution < 1.29 is 9.53 Å². The third-order valence-corrected chi connectivity index (χ3v) is 3.69. The first-order chi connectivity index (χ1) is 9.89. The fourth-order valence-corrected chi connectivity index (χ4v) is 2.27. The lowest BCUT2D eigenvalue weighted by Crippen LogP contribution is -2.53. The van der Waals surface area contributed by atoms with Gasteiger partial charge in [0.05, 0.1) is 12.6 Å². The number of aryl methyl sites for hydroxylation is 1. The minimum atomic E-state index is -0.775. The van der Waals surface area contributed by atoms with Gasteiger partial charge in [-0.05, 0) is 50.8 Å². The van der Waals surface area contributed by atoms with E-state index in [9.17, 15) is 4.79 Å². The van der Waals surface area contributed by atoms with Gasteiger partial charge in [0.15, 0.2) is 0 Å². The first-order valence-corrected chi connectivity index (χ1v) is 7.62. The molecule has 1 aromatic rings. The van der Waals surface area contributed by atoms with E-state index in [2.05, 4.69) is 17.4 Å². The van der Waals surface area contributed by atoms with Crippen LogP contribution >= 0.6 is 12.4 Å². The van der Waals surface area contributed by atoms with Crippen LogP contribution < -0.4 is 15.8 Å². The molecule has 22 heavy (non-hydrogen) atoms. The number of rotatable bonds is 8. The fourth-order valence-electron chi connectivity index (χ4n) is 2.27. The number of nitrogens with two attached hydrogens (primary N) is 1. The normalized spacial score (nSPS) is 14.4. The van der Waals surface area contributed by atoms with E-state index in [1.807, 2.05) is 26.0 Å². The molecule has 3 N–H and O–H groups in total. The molecule has 1 rings (SSSR count). The topological polar surface area (TPSA) is 64.4 Å². The lowest BCUT2D eigenvalue weighted by atomic mass is 9.95. The molecule has 0 saturated carbocycles. The van der Waals surface area contributed by atoms with Crippen LogP contribution in [-0.4, -0.2) is 24.6 Å². The molecule has 0 bridgehead atoms. The van der Waals surface area contributed by atoms with Crippen LogP contribution in [-0.2, 0) is 11.2 Å². The number of carbonyl (C=O) groups excluding carboxylic acids is 1. The number of nitrogens with one attached hydrogen (secondary N) is 1. The molecule has 2 unspecified atom stereocenters. The van der Waals surface area contributed by atoms with Crippen LogP contribution in [0.25, 0.3) is 0 Å². The van der Waals surface area contributed by atoms with E-state index in [0.717, 1.165) is 25.0 Å². The summed E-state index contributed by atoms with van der Waals surface area (Å²) in [5.74, 6) is 0.796. The first-order valence-electron chi connectivity index (χ1n) is 7.62. The molecule has 0 spiro atoms. The Bertz CT molecular complexity index is 446. The minimum Gasteiger partial charge on any atom is -0.497 e. The van der Waals surface area contributed by atoms with Gasteiger partial charge in [-0.25, -0.2) is 0 Å². The standard InChI is InChI=1S/C17H28N2O2.ClH/c1-5-12-17(3,18)16(20)19-13(2)6-7-14-8-10-15(21-4)11-9-14;/h8-11,13H,5-7,12,18H2,1-4H3,(H,19,20);1H. The van der Waals surface area contributed by atoms with Crippen molar-refractivity contribution >= 4 is 18.3 Å². The van der Waals surface area contributed by atoms with Gasteiger partial charge in [-0.3, -0.25) is 4.79 Å². The van der Waals surface area contributed by atoms with E-state index in [-0.39, 0.29) is 24.4 Å². The molecule has 0 aliphatic heterocycles. The van der Waals surface area contributed by atoms with Crippen molar-refractivity contribution in [2.75, 3.05) is 7.11 Å². The van der Waals surface area contributed by atoms with Gasteiger partial charge in [0, 0.05) is 6.04 Å². The van der Waals surface area contributed by atoms with Gasteiger partial charge < -0.3 is 15.8 Å². The Morgan fingerprint density at radius 2 is 1.95 bits per heavy atom. The number of carbonyl (C=O) groups is 1. The van der Waals surface area contributed by atoms with E-state index in [1.54, 1.807) is 14.0 Å². The number of hydrogen-bond acceptors (Lipinski definition) is 3. The molecule has 0 aliphatic carbocycles. The number of benzene rings is 1. The highest BCUT2D eigenvalue weighted by atomic mass is 35.5. The Hall–Kier alpha value is -1.26. The average Bonchev–Trinajstić information content (AvgIpc) is 2.45. The molecule has 5 heteroatoms. The molecule has 1 amide bonds. The first kappa shape index (κ1) is 20.7. The van der Waals surface area contributed by atoms with Crippen LogP contribution in [0.4, 0.5) is 0 Å². The number of hydrogen-bond donors (Lipinski definition) is 2. The summed E-state index contributed by atoms with van der Waals surface area (Å²) in [5.41, 5.74) is 6.49. The second-order valence-electron chi connectivity index (χ2n) is 5.93. The summed E-state index contributed by atoms with van der Waals surface area (Å²) < 4.78 is 5.14. The van der Waals surface area contributed by atoms with E-state index in [0.29, 0.717) is 6.42 Å². The molecule has 1 aromatic carbocycles. The van der Waals surface area contributed by atoms with E-state index in [4.69, 9.17) is 10.5 Å². The Kier molecular flexibility index (Phi) is 9.14. The zero-order valence-electron chi connectivity index (χ0n) is 14.0. The molecule has 2 atom stereocenters. The van der Waals surface area contributed by atoms with Crippen LogP contribution in [0.1, 0.15) is 45.6 Å². The van der Waals surface area contributed by atoms with Crippen molar-refractivity contribution in [1.29, 1.82) is 0 Å². The maximum absolute atomic E-state index is 12.1. The highest BCUT2D eigenvalue weighted by Crippen LogP contribution is 2.14. The summed E-state index contributed by atoms with van der Waals surface area (Å²) in [4.78, 5) is 12.1. The van der Waals surface area contributed by atoms with Crippen molar-refractivity contribution in [2.24, 2.45) is 5.73 Å². The van der Waals surface area contributed by atoms with Gasteiger partial charge in [-0.15, -0.1) is 12.4 Å². The van der Waals surface area contributed by atoms with Crippen molar-refractivity contribution in [3.05, 3.63) is 29.8 Å². The third-order valence-electron chi connectivity index (χ3n) is 3.69.